The molecule has 192 valence electrons. The zero-order valence-electron chi connectivity index (χ0n) is 21.6. The van der Waals surface area contributed by atoms with Gasteiger partial charge in [-0.2, -0.15) is 0 Å². The van der Waals surface area contributed by atoms with Crippen LogP contribution < -0.4 is 31.8 Å². The Morgan fingerprint density at radius 1 is 0.205 bits per heavy atom. The van der Waals surface area contributed by atoms with Gasteiger partial charge in [-0.25, -0.2) is 0 Å². The minimum atomic E-state index is -0.446. The molecule has 0 bridgehead atoms. The molecule has 0 heterocycles. The third-order valence-corrected chi connectivity index (χ3v) is 11.0. The van der Waals surface area contributed by atoms with Crippen molar-refractivity contribution in [3.63, 3.8) is 0 Å². The Labute approximate surface area is 265 Å². The van der Waals surface area contributed by atoms with Gasteiger partial charge in [-0.05, 0) is 47.7 Å². The number of rotatable bonds is 6. The fraction of sp³-hybridized carbons (Fsp3) is 0. The van der Waals surface area contributed by atoms with E-state index in [-0.39, 0.29) is 37.7 Å². The van der Waals surface area contributed by atoms with Gasteiger partial charge >= 0.3 is 0 Å². The van der Waals surface area contributed by atoms with Crippen LogP contribution in [-0.2, 0) is 0 Å². The quantitative estimate of drug-likeness (QED) is 0.193. The summed E-state index contributed by atoms with van der Waals surface area (Å²) in [7, 11) is -0.892. The first-order valence-electron chi connectivity index (χ1n) is 12.8. The molecule has 6 aromatic rings. The fourth-order valence-corrected chi connectivity index (χ4v) is 8.97. The molecule has 0 atom stereocenters. The second kappa shape index (κ2) is 15.9. The van der Waals surface area contributed by atoms with Crippen LogP contribution in [0.2, 0.25) is 0 Å². The van der Waals surface area contributed by atoms with Crippen LogP contribution in [0.1, 0.15) is 0 Å². The summed E-state index contributed by atoms with van der Waals surface area (Å²) in [6.45, 7) is 0. The van der Waals surface area contributed by atoms with E-state index in [0.29, 0.717) is 0 Å². The Balaban J connectivity index is 0.000000176. The van der Waals surface area contributed by atoms with E-state index in [4.69, 9.17) is 0 Å². The van der Waals surface area contributed by atoms with Crippen molar-refractivity contribution >= 4 is 47.7 Å². The van der Waals surface area contributed by atoms with Crippen LogP contribution in [0.4, 0.5) is 0 Å². The maximum Gasteiger partial charge on any atom is 0 e. The molecule has 39 heavy (non-hydrogen) atoms. The monoisotopic (exact) mass is 564 g/mol. The molecule has 0 spiro atoms. The van der Waals surface area contributed by atoms with Crippen LogP contribution in [0.3, 0.4) is 0 Å². The first kappa shape index (κ1) is 29.4. The first-order chi connectivity index (χ1) is 18.9. The topological polar surface area (TPSA) is 0 Å². The average molecular weight is 565 g/mol. The van der Waals surface area contributed by atoms with E-state index in [1.165, 1.54) is 31.8 Å². The maximum absolute atomic E-state index is 2.23. The molecular formula is C36H30ArP2. The SMILES string of the molecule is [Ar].c1ccc(P(c2ccccc2)c2ccccc2)cc1.c1ccc(P(c2ccccc2)c2ccccc2)cc1. The average Bonchev–Trinajstić information content (AvgIpc) is 3.01. The molecule has 0 aliphatic rings. The summed E-state index contributed by atoms with van der Waals surface area (Å²) in [5.41, 5.74) is 0. The summed E-state index contributed by atoms with van der Waals surface area (Å²) in [5, 5.41) is 8.39. The molecule has 0 amide bonds. The molecule has 0 fully saturated rings. The van der Waals surface area contributed by atoms with E-state index in [2.05, 4.69) is 182 Å². The van der Waals surface area contributed by atoms with Gasteiger partial charge in [0.25, 0.3) is 0 Å². The van der Waals surface area contributed by atoms with Crippen molar-refractivity contribution in [1.82, 2.24) is 0 Å². The summed E-state index contributed by atoms with van der Waals surface area (Å²) in [5.74, 6) is 0. The zero-order chi connectivity index (χ0) is 25.8. The molecule has 0 radical (unpaired) electrons. The molecule has 0 aliphatic carbocycles. The van der Waals surface area contributed by atoms with Crippen LogP contribution in [0.15, 0.2) is 182 Å². The van der Waals surface area contributed by atoms with Gasteiger partial charge in [-0.15, -0.1) is 0 Å². The summed E-state index contributed by atoms with van der Waals surface area (Å²) in [6, 6.07) is 64.7. The van der Waals surface area contributed by atoms with E-state index >= 15 is 0 Å². The molecule has 0 aliphatic heterocycles. The van der Waals surface area contributed by atoms with Crippen molar-refractivity contribution < 1.29 is 37.7 Å². The van der Waals surface area contributed by atoms with E-state index in [1.807, 2.05) is 0 Å². The van der Waals surface area contributed by atoms with Crippen LogP contribution in [0.5, 0.6) is 0 Å². The second-order valence-electron chi connectivity index (χ2n) is 8.68. The van der Waals surface area contributed by atoms with Gasteiger partial charge in [0, 0.05) is 37.7 Å². The van der Waals surface area contributed by atoms with Crippen molar-refractivity contribution in [2.75, 3.05) is 0 Å². The van der Waals surface area contributed by atoms with Gasteiger partial charge in [0.1, 0.15) is 0 Å². The van der Waals surface area contributed by atoms with E-state index in [9.17, 15) is 0 Å². The summed E-state index contributed by atoms with van der Waals surface area (Å²) in [4.78, 5) is 0. The molecular weight excluding hydrogens is 534 g/mol. The minimum absolute atomic E-state index is 0. The van der Waals surface area contributed by atoms with Gasteiger partial charge in [0.2, 0.25) is 0 Å². The van der Waals surface area contributed by atoms with Gasteiger partial charge in [0.05, 0.1) is 0 Å². The predicted molar refractivity (Wildman–Crippen MR) is 170 cm³/mol. The molecule has 0 nitrogen and oxygen atoms in total. The Kier molecular flexibility index (Phi) is 12.0. The number of hydrogen-bond donors (Lipinski definition) is 0. The molecule has 6 rings (SSSR count). The maximum atomic E-state index is 2.23. The predicted octanol–water partition coefficient (Wildman–Crippen LogP) is 6.89. The minimum Gasteiger partial charge on any atom is -0.0622 e. The zero-order valence-corrected chi connectivity index (χ0v) is 24.1. The molecule has 0 N–H and O–H groups in total. The molecule has 0 saturated carbocycles. The normalized spacial score (nSPS) is 10.3. The molecule has 0 aromatic heterocycles. The standard InChI is InChI=1S/2C18H15P.Ar/c2*1-4-10-16(11-5-1)19(17-12-6-2-7-13-17)18-14-8-3-9-15-18;/h2*1-15H;. The Morgan fingerprint density at radius 2 is 0.333 bits per heavy atom. The number of benzene rings is 6. The van der Waals surface area contributed by atoms with E-state index in [1.54, 1.807) is 0 Å². The number of hydrogen-bond acceptors (Lipinski definition) is 0. The second-order valence-corrected chi connectivity index (χ2v) is 13.1. The van der Waals surface area contributed by atoms with Crippen molar-refractivity contribution in [3.05, 3.63) is 182 Å². The van der Waals surface area contributed by atoms with Crippen molar-refractivity contribution in [3.8, 4) is 0 Å². The Morgan fingerprint density at radius 3 is 0.462 bits per heavy atom. The summed E-state index contributed by atoms with van der Waals surface area (Å²) >= 11 is 0. The molecule has 6 aromatic carbocycles. The largest absolute Gasteiger partial charge is 0.0622 e. The Hall–Kier alpha value is -2.56. The summed E-state index contributed by atoms with van der Waals surface area (Å²) in [6.07, 6.45) is 0. The third kappa shape index (κ3) is 8.22. The van der Waals surface area contributed by atoms with Crippen LogP contribution in [0.25, 0.3) is 0 Å². The third-order valence-electron chi connectivity index (χ3n) is 6.09. The van der Waals surface area contributed by atoms with Gasteiger partial charge in [-0.1, -0.05) is 182 Å². The smallest absolute Gasteiger partial charge is 0 e. The van der Waals surface area contributed by atoms with Crippen molar-refractivity contribution in [1.29, 1.82) is 0 Å². The molecule has 3 heteroatoms. The van der Waals surface area contributed by atoms with Gasteiger partial charge < -0.3 is 0 Å². The first-order valence-corrected chi connectivity index (χ1v) is 15.5. The van der Waals surface area contributed by atoms with Crippen LogP contribution in [-0.4, -0.2) is 0 Å². The summed E-state index contributed by atoms with van der Waals surface area (Å²) < 4.78 is 0. The molecule has 0 unspecified atom stereocenters. The van der Waals surface area contributed by atoms with E-state index < -0.39 is 15.8 Å². The van der Waals surface area contributed by atoms with Crippen LogP contribution in [0, 0.1) is 37.7 Å². The van der Waals surface area contributed by atoms with E-state index in [0.717, 1.165) is 0 Å². The Bertz CT molecular complexity index is 1170. The van der Waals surface area contributed by atoms with Gasteiger partial charge in [-0.3, -0.25) is 0 Å². The van der Waals surface area contributed by atoms with Crippen molar-refractivity contribution in [2.24, 2.45) is 0 Å². The van der Waals surface area contributed by atoms with Gasteiger partial charge in [0.15, 0.2) is 0 Å². The van der Waals surface area contributed by atoms with Crippen LogP contribution >= 0.6 is 15.8 Å². The molecule has 0 saturated heterocycles. The van der Waals surface area contributed by atoms with Crippen molar-refractivity contribution in [2.45, 2.75) is 0 Å². The fourth-order valence-electron chi connectivity index (χ4n) is 4.36.